The van der Waals surface area contributed by atoms with Gasteiger partial charge in [-0.2, -0.15) is 5.26 Å². The van der Waals surface area contributed by atoms with Gasteiger partial charge in [0.2, 0.25) is 0 Å². The topological polar surface area (TPSA) is 63.1 Å². The van der Waals surface area contributed by atoms with E-state index in [-0.39, 0.29) is 5.52 Å². The molecule has 1 N–H and O–H groups in total. The van der Waals surface area contributed by atoms with E-state index in [1.807, 2.05) is 12.1 Å². The number of carbonyl (C=O) groups excluding carboxylic acids is 1. The molecule has 0 radical (unpaired) electrons. The molecule has 0 saturated carbocycles. The molecule has 154 valence electrons. The van der Waals surface area contributed by atoms with Crippen molar-refractivity contribution in [3.63, 3.8) is 0 Å². The van der Waals surface area contributed by atoms with Crippen LogP contribution >= 0.6 is 0 Å². The Morgan fingerprint density at radius 2 is 2.00 bits per heavy atom. The van der Waals surface area contributed by atoms with E-state index in [9.17, 15) is 18.8 Å². The van der Waals surface area contributed by atoms with Crippen LogP contribution in [0.2, 0.25) is 0 Å². The SMILES string of the molecule is C#CC(=O)N1CCc2c([nH]c3c(F)cc(F)cc23)C1c1ccc(N2CCC2)c(C#N)c1. The first-order valence-corrected chi connectivity index (χ1v) is 10.1. The van der Waals surface area contributed by atoms with Crippen LogP contribution in [0.15, 0.2) is 30.3 Å². The van der Waals surface area contributed by atoms with Gasteiger partial charge < -0.3 is 14.8 Å². The Morgan fingerprint density at radius 1 is 1.19 bits per heavy atom. The maximum atomic E-state index is 14.5. The zero-order chi connectivity index (χ0) is 21.7. The molecule has 0 bridgehead atoms. The summed E-state index contributed by atoms with van der Waals surface area (Å²) in [6.07, 6.45) is 6.91. The molecule has 7 heteroatoms. The van der Waals surface area contributed by atoms with Crippen LogP contribution in [0.25, 0.3) is 10.9 Å². The second-order valence-corrected chi connectivity index (χ2v) is 7.85. The summed E-state index contributed by atoms with van der Waals surface area (Å²) in [6, 6.07) is 9.26. The second kappa shape index (κ2) is 7.14. The van der Waals surface area contributed by atoms with Crippen molar-refractivity contribution in [3.8, 4) is 18.4 Å². The molecule has 5 nitrogen and oxygen atoms in total. The van der Waals surface area contributed by atoms with Crippen LogP contribution < -0.4 is 4.90 Å². The van der Waals surface area contributed by atoms with Gasteiger partial charge in [-0.05, 0) is 48.1 Å². The van der Waals surface area contributed by atoms with E-state index in [1.165, 1.54) is 11.0 Å². The Labute approximate surface area is 177 Å². The molecule has 5 rings (SSSR count). The lowest BCUT2D eigenvalue weighted by Gasteiger charge is -2.36. The fraction of sp³-hybridized carbons (Fsp3) is 0.250. The van der Waals surface area contributed by atoms with Crippen LogP contribution in [0.3, 0.4) is 0 Å². The second-order valence-electron chi connectivity index (χ2n) is 7.85. The van der Waals surface area contributed by atoms with Gasteiger partial charge in [0.05, 0.1) is 22.8 Å². The van der Waals surface area contributed by atoms with E-state index in [0.29, 0.717) is 35.2 Å². The Bertz CT molecular complexity index is 1310. The van der Waals surface area contributed by atoms with Crippen LogP contribution in [0.1, 0.15) is 34.8 Å². The lowest BCUT2D eigenvalue weighted by Crippen LogP contribution is -2.40. The number of nitrogens with zero attached hydrogens (tertiary/aromatic N) is 3. The van der Waals surface area contributed by atoms with E-state index < -0.39 is 23.6 Å². The van der Waals surface area contributed by atoms with Gasteiger partial charge in [0.25, 0.3) is 5.91 Å². The predicted octanol–water partition coefficient (Wildman–Crippen LogP) is 3.64. The molecule has 2 aliphatic heterocycles. The van der Waals surface area contributed by atoms with Crippen molar-refractivity contribution in [3.05, 3.63) is 64.4 Å². The van der Waals surface area contributed by atoms with Gasteiger partial charge >= 0.3 is 0 Å². The molecule has 0 spiro atoms. The molecule has 0 aliphatic carbocycles. The Morgan fingerprint density at radius 3 is 2.68 bits per heavy atom. The van der Waals surface area contributed by atoms with Crippen LogP contribution in [0, 0.1) is 35.3 Å². The molecule has 1 aromatic heterocycles. The van der Waals surface area contributed by atoms with Crippen molar-refractivity contribution in [1.82, 2.24) is 9.88 Å². The highest BCUT2D eigenvalue weighted by Gasteiger charge is 2.35. The molecule has 1 unspecified atom stereocenters. The van der Waals surface area contributed by atoms with E-state index in [0.717, 1.165) is 36.8 Å². The number of anilines is 1. The number of carbonyl (C=O) groups is 1. The molecular formula is C24H18F2N4O. The van der Waals surface area contributed by atoms with E-state index in [1.54, 1.807) is 6.07 Å². The van der Waals surface area contributed by atoms with Crippen LogP contribution in [-0.2, 0) is 11.2 Å². The highest BCUT2D eigenvalue weighted by Crippen LogP contribution is 2.40. The summed E-state index contributed by atoms with van der Waals surface area (Å²) in [4.78, 5) is 19.3. The van der Waals surface area contributed by atoms with Gasteiger partial charge in [-0.25, -0.2) is 8.78 Å². The molecule has 2 aromatic carbocycles. The van der Waals surface area contributed by atoms with Crippen LogP contribution in [0.5, 0.6) is 0 Å². The van der Waals surface area contributed by atoms with Crippen molar-refractivity contribution >= 4 is 22.5 Å². The number of nitriles is 1. The molecule has 1 fully saturated rings. The number of rotatable bonds is 2. The Kier molecular flexibility index (Phi) is 4.41. The molecule has 1 amide bonds. The number of amides is 1. The minimum absolute atomic E-state index is 0.198. The summed E-state index contributed by atoms with van der Waals surface area (Å²) in [5.41, 5.74) is 3.60. The van der Waals surface area contributed by atoms with Gasteiger partial charge in [0, 0.05) is 36.8 Å². The number of nitrogens with one attached hydrogen (secondary N) is 1. The molecule has 1 atom stereocenters. The standard InChI is InChI=1S/C24H18F2N4O/c1-2-21(31)30-9-6-17-18-11-16(25)12-19(26)22(18)28-23(17)24(30)14-4-5-20(15(10-14)13-27)29-7-3-8-29/h1,4-5,10-12,24,28H,3,6-9H2. The number of fused-ring (bicyclic) bond motifs is 3. The van der Waals surface area contributed by atoms with Crippen LogP contribution in [-0.4, -0.2) is 35.4 Å². The maximum absolute atomic E-state index is 14.5. The number of hydrogen-bond donors (Lipinski definition) is 1. The van der Waals surface area contributed by atoms with Crippen molar-refractivity contribution in [2.45, 2.75) is 18.9 Å². The lowest BCUT2D eigenvalue weighted by atomic mass is 9.91. The lowest BCUT2D eigenvalue weighted by molar-refractivity contribution is -0.127. The minimum atomic E-state index is -0.691. The number of aromatic nitrogens is 1. The zero-order valence-electron chi connectivity index (χ0n) is 16.6. The number of H-pyrrole nitrogens is 1. The van der Waals surface area contributed by atoms with Gasteiger partial charge in [-0.3, -0.25) is 4.79 Å². The number of halogens is 2. The third-order valence-electron chi connectivity index (χ3n) is 6.19. The van der Waals surface area contributed by atoms with Crippen molar-refractivity contribution in [1.29, 1.82) is 5.26 Å². The van der Waals surface area contributed by atoms with E-state index in [2.05, 4.69) is 21.9 Å². The molecule has 2 aliphatic rings. The Hall–Kier alpha value is -3.84. The minimum Gasteiger partial charge on any atom is -0.370 e. The average molecular weight is 416 g/mol. The molecule has 3 heterocycles. The molecule has 1 saturated heterocycles. The fourth-order valence-corrected chi connectivity index (χ4v) is 4.61. The fourth-order valence-electron chi connectivity index (χ4n) is 4.61. The first-order chi connectivity index (χ1) is 15.0. The van der Waals surface area contributed by atoms with E-state index >= 15 is 0 Å². The quantitative estimate of drug-likeness (QED) is 0.649. The smallest absolute Gasteiger partial charge is 0.299 e. The van der Waals surface area contributed by atoms with E-state index in [4.69, 9.17) is 6.42 Å². The number of terminal acetylenes is 1. The normalized spacial score (nSPS) is 17.6. The largest absolute Gasteiger partial charge is 0.370 e. The summed E-state index contributed by atoms with van der Waals surface area (Å²) in [5.74, 6) is 0.320. The summed E-state index contributed by atoms with van der Waals surface area (Å²) < 4.78 is 28.4. The maximum Gasteiger partial charge on any atom is 0.299 e. The third-order valence-corrected chi connectivity index (χ3v) is 6.19. The summed E-state index contributed by atoms with van der Waals surface area (Å²) in [6.45, 7) is 2.11. The number of hydrogen-bond acceptors (Lipinski definition) is 3. The van der Waals surface area contributed by atoms with Crippen molar-refractivity contribution in [2.24, 2.45) is 0 Å². The predicted molar refractivity (Wildman–Crippen MR) is 112 cm³/mol. The highest BCUT2D eigenvalue weighted by atomic mass is 19.1. The first-order valence-electron chi connectivity index (χ1n) is 10.1. The first kappa shape index (κ1) is 19.1. The zero-order valence-corrected chi connectivity index (χ0v) is 16.6. The van der Waals surface area contributed by atoms with Crippen LogP contribution in [0.4, 0.5) is 14.5 Å². The Balaban J connectivity index is 1.70. The van der Waals surface area contributed by atoms with Crippen molar-refractivity contribution in [2.75, 3.05) is 24.5 Å². The van der Waals surface area contributed by atoms with Crippen molar-refractivity contribution < 1.29 is 13.6 Å². The highest BCUT2D eigenvalue weighted by molar-refractivity contribution is 5.94. The third kappa shape index (κ3) is 2.93. The van der Waals surface area contributed by atoms with Gasteiger partial charge in [-0.15, -0.1) is 6.42 Å². The van der Waals surface area contributed by atoms with Gasteiger partial charge in [0.15, 0.2) is 0 Å². The number of aromatic amines is 1. The average Bonchev–Trinajstić information content (AvgIpc) is 3.10. The summed E-state index contributed by atoms with van der Waals surface area (Å²) >= 11 is 0. The number of benzene rings is 2. The van der Waals surface area contributed by atoms with Gasteiger partial charge in [0.1, 0.15) is 17.7 Å². The molecule has 31 heavy (non-hydrogen) atoms. The monoisotopic (exact) mass is 416 g/mol. The summed E-state index contributed by atoms with van der Waals surface area (Å²) in [5, 5.41) is 10.2. The molecule has 3 aromatic rings. The molecular weight excluding hydrogens is 398 g/mol. The van der Waals surface area contributed by atoms with Gasteiger partial charge in [-0.1, -0.05) is 6.07 Å². The summed E-state index contributed by atoms with van der Waals surface area (Å²) in [7, 11) is 0.